The van der Waals surface area contributed by atoms with Gasteiger partial charge in [0.1, 0.15) is 0 Å². The highest BCUT2D eigenvalue weighted by Gasteiger charge is 2.11. The van der Waals surface area contributed by atoms with Crippen molar-refractivity contribution < 1.29 is 4.79 Å². The summed E-state index contributed by atoms with van der Waals surface area (Å²) in [5, 5.41) is 13.6. The standard InChI is InChI=1S/C11H15N7O/c12-11(19)18(9-4-6-13-7-5-9)8-2-1-3-10-14-16-17-15-10/h4-7H,1-3,8H2,(H2,12,19)(H,14,15,16,17). The molecule has 0 bridgehead atoms. The summed E-state index contributed by atoms with van der Waals surface area (Å²) in [7, 11) is 0. The van der Waals surface area contributed by atoms with Gasteiger partial charge in [-0.1, -0.05) is 5.21 Å². The number of hydrogen-bond donors (Lipinski definition) is 2. The van der Waals surface area contributed by atoms with Crippen LogP contribution in [0.5, 0.6) is 0 Å². The van der Waals surface area contributed by atoms with Gasteiger partial charge in [-0.3, -0.25) is 9.88 Å². The summed E-state index contributed by atoms with van der Waals surface area (Å²) in [6, 6.07) is 3.04. The number of amides is 2. The van der Waals surface area contributed by atoms with Crippen molar-refractivity contribution in [2.75, 3.05) is 11.4 Å². The molecule has 0 radical (unpaired) electrons. The van der Waals surface area contributed by atoms with Gasteiger partial charge >= 0.3 is 6.03 Å². The minimum absolute atomic E-state index is 0.467. The van der Waals surface area contributed by atoms with Crippen molar-refractivity contribution in [1.29, 1.82) is 0 Å². The number of nitrogens with zero attached hydrogens (tertiary/aromatic N) is 5. The van der Waals surface area contributed by atoms with Crippen molar-refractivity contribution >= 4 is 11.7 Å². The first kappa shape index (κ1) is 12.9. The van der Waals surface area contributed by atoms with Crippen LogP contribution in [0.4, 0.5) is 10.5 Å². The number of aryl methyl sites for hydroxylation is 1. The van der Waals surface area contributed by atoms with Gasteiger partial charge in [0, 0.05) is 31.0 Å². The van der Waals surface area contributed by atoms with Gasteiger partial charge in [0.15, 0.2) is 5.82 Å². The van der Waals surface area contributed by atoms with Gasteiger partial charge in [-0.25, -0.2) is 4.79 Å². The fourth-order valence-electron chi connectivity index (χ4n) is 1.73. The van der Waals surface area contributed by atoms with Crippen molar-refractivity contribution in [2.24, 2.45) is 5.73 Å². The average molecular weight is 261 g/mol. The van der Waals surface area contributed by atoms with Gasteiger partial charge in [-0.2, -0.15) is 5.21 Å². The number of carbonyl (C=O) groups excluding carboxylic acids is 1. The summed E-state index contributed by atoms with van der Waals surface area (Å²) in [4.78, 5) is 16.8. The first-order valence-electron chi connectivity index (χ1n) is 5.96. The Morgan fingerprint density at radius 1 is 1.32 bits per heavy atom. The molecule has 100 valence electrons. The van der Waals surface area contributed by atoms with Crippen molar-refractivity contribution in [1.82, 2.24) is 25.6 Å². The third-order valence-electron chi connectivity index (χ3n) is 2.66. The molecule has 2 heterocycles. The van der Waals surface area contributed by atoms with E-state index in [0.717, 1.165) is 24.9 Å². The Bertz CT molecular complexity index is 499. The van der Waals surface area contributed by atoms with Crippen LogP contribution < -0.4 is 10.6 Å². The van der Waals surface area contributed by atoms with Crippen LogP contribution >= 0.6 is 0 Å². The third kappa shape index (κ3) is 3.73. The molecule has 2 rings (SSSR count). The van der Waals surface area contributed by atoms with E-state index in [2.05, 4.69) is 25.6 Å². The molecule has 0 unspecified atom stereocenters. The van der Waals surface area contributed by atoms with Gasteiger partial charge in [0.05, 0.1) is 0 Å². The van der Waals surface area contributed by atoms with Crippen LogP contribution in [0.2, 0.25) is 0 Å². The smallest absolute Gasteiger partial charge is 0.319 e. The summed E-state index contributed by atoms with van der Waals surface area (Å²) in [6.45, 7) is 0.553. The van der Waals surface area contributed by atoms with Gasteiger partial charge in [-0.15, -0.1) is 10.2 Å². The molecule has 2 aromatic rings. The highest BCUT2D eigenvalue weighted by molar-refractivity contribution is 5.90. The first-order valence-corrected chi connectivity index (χ1v) is 5.96. The maximum atomic E-state index is 11.4. The highest BCUT2D eigenvalue weighted by atomic mass is 16.2. The molecule has 3 N–H and O–H groups in total. The van der Waals surface area contributed by atoms with Gasteiger partial charge < -0.3 is 5.73 Å². The van der Waals surface area contributed by atoms with Crippen molar-refractivity contribution in [2.45, 2.75) is 19.3 Å². The number of pyridine rings is 1. The maximum Gasteiger partial charge on any atom is 0.319 e. The minimum Gasteiger partial charge on any atom is -0.351 e. The number of aromatic amines is 1. The van der Waals surface area contributed by atoms with Crippen LogP contribution in [0.3, 0.4) is 0 Å². The first-order chi connectivity index (χ1) is 9.27. The number of urea groups is 1. The van der Waals surface area contributed by atoms with Crippen LogP contribution in [0.25, 0.3) is 0 Å². The summed E-state index contributed by atoms with van der Waals surface area (Å²) in [5.41, 5.74) is 6.12. The van der Waals surface area contributed by atoms with Gasteiger partial charge in [0.2, 0.25) is 0 Å². The number of aromatic nitrogens is 5. The van der Waals surface area contributed by atoms with E-state index >= 15 is 0 Å². The molecule has 0 aliphatic heterocycles. The molecule has 0 aliphatic carbocycles. The summed E-state index contributed by atoms with van der Waals surface area (Å²) < 4.78 is 0. The molecule has 0 aliphatic rings. The number of nitrogens with two attached hydrogens (primary N) is 1. The normalized spacial score (nSPS) is 10.3. The van der Waals surface area contributed by atoms with Crippen LogP contribution in [0, 0.1) is 0 Å². The molecular weight excluding hydrogens is 246 g/mol. The Hall–Kier alpha value is -2.51. The fourth-order valence-corrected chi connectivity index (χ4v) is 1.73. The van der Waals surface area contributed by atoms with E-state index in [4.69, 9.17) is 5.73 Å². The van der Waals surface area contributed by atoms with E-state index in [1.807, 2.05) is 0 Å². The Morgan fingerprint density at radius 2 is 2.11 bits per heavy atom. The number of primary amides is 1. The number of hydrogen-bond acceptors (Lipinski definition) is 5. The topological polar surface area (TPSA) is 114 Å². The van der Waals surface area contributed by atoms with E-state index < -0.39 is 6.03 Å². The second-order valence-corrected chi connectivity index (χ2v) is 3.98. The second kappa shape index (κ2) is 6.43. The molecule has 2 aromatic heterocycles. The third-order valence-corrected chi connectivity index (χ3v) is 2.66. The quantitative estimate of drug-likeness (QED) is 0.735. The van der Waals surface area contributed by atoms with E-state index in [1.54, 1.807) is 24.5 Å². The molecule has 0 fully saturated rings. The molecule has 0 saturated heterocycles. The predicted molar refractivity (Wildman–Crippen MR) is 68.3 cm³/mol. The average Bonchev–Trinajstić information content (AvgIpc) is 2.92. The number of H-pyrrole nitrogens is 1. The number of rotatable bonds is 6. The molecule has 0 saturated carbocycles. The Labute approximate surface area is 110 Å². The lowest BCUT2D eigenvalue weighted by molar-refractivity contribution is 0.254. The van der Waals surface area contributed by atoms with Crippen molar-refractivity contribution in [3.63, 3.8) is 0 Å². The van der Waals surface area contributed by atoms with Crippen LogP contribution in [-0.2, 0) is 6.42 Å². The number of anilines is 1. The summed E-state index contributed by atoms with van der Waals surface area (Å²) in [5.74, 6) is 0.675. The molecule has 8 heteroatoms. The molecule has 0 aromatic carbocycles. The zero-order valence-corrected chi connectivity index (χ0v) is 10.4. The van der Waals surface area contributed by atoms with E-state index in [1.165, 1.54) is 4.90 Å². The summed E-state index contributed by atoms with van der Waals surface area (Å²) >= 11 is 0. The molecule has 0 atom stereocenters. The van der Waals surface area contributed by atoms with E-state index in [9.17, 15) is 4.79 Å². The van der Waals surface area contributed by atoms with Crippen LogP contribution in [-0.4, -0.2) is 38.2 Å². The van der Waals surface area contributed by atoms with Gasteiger partial charge in [-0.05, 0) is 25.0 Å². The Kier molecular flexibility index (Phi) is 4.38. The number of nitrogens with one attached hydrogen (secondary N) is 1. The Morgan fingerprint density at radius 3 is 2.74 bits per heavy atom. The molecular formula is C11H15N7O. The lowest BCUT2D eigenvalue weighted by Crippen LogP contribution is -2.36. The van der Waals surface area contributed by atoms with Crippen LogP contribution in [0.1, 0.15) is 18.7 Å². The van der Waals surface area contributed by atoms with Gasteiger partial charge in [0.25, 0.3) is 0 Å². The predicted octanol–water partition coefficient (Wildman–Crippen LogP) is 0.503. The van der Waals surface area contributed by atoms with E-state index in [0.29, 0.717) is 12.4 Å². The largest absolute Gasteiger partial charge is 0.351 e. The molecule has 19 heavy (non-hydrogen) atoms. The monoisotopic (exact) mass is 261 g/mol. The molecule has 8 nitrogen and oxygen atoms in total. The van der Waals surface area contributed by atoms with E-state index in [-0.39, 0.29) is 0 Å². The maximum absolute atomic E-state index is 11.4. The Balaban J connectivity index is 1.83. The second-order valence-electron chi connectivity index (χ2n) is 3.98. The lowest BCUT2D eigenvalue weighted by Gasteiger charge is -2.19. The number of tetrazole rings is 1. The zero-order valence-electron chi connectivity index (χ0n) is 10.4. The van der Waals surface area contributed by atoms with Crippen LogP contribution in [0.15, 0.2) is 24.5 Å². The lowest BCUT2D eigenvalue weighted by atomic mass is 10.2. The fraction of sp³-hybridized carbons (Fsp3) is 0.364. The minimum atomic E-state index is -0.467. The molecule has 2 amide bonds. The molecule has 0 spiro atoms. The van der Waals surface area contributed by atoms with Crippen molar-refractivity contribution in [3.05, 3.63) is 30.4 Å². The zero-order chi connectivity index (χ0) is 13.5. The highest BCUT2D eigenvalue weighted by Crippen LogP contribution is 2.13. The summed E-state index contributed by atoms with van der Waals surface area (Å²) in [6.07, 6.45) is 5.64. The number of unbranched alkanes of at least 4 members (excludes halogenated alkanes) is 1. The van der Waals surface area contributed by atoms with Crippen molar-refractivity contribution in [3.8, 4) is 0 Å². The number of carbonyl (C=O) groups is 1. The SMILES string of the molecule is NC(=O)N(CCCCc1nn[nH]n1)c1ccncc1.